The van der Waals surface area contributed by atoms with Gasteiger partial charge in [0.1, 0.15) is 0 Å². The zero-order valence-electron chi connectivity index (χ0n) is 7.48. The number of alkyl halides is 1. The van der Waals surface area contributed by atoms with E-state index in [0.29, 0.717) is 5.56 Å². The monoisotopic (exact) mass is 255 g/mol. The van der Waals surface area contributed by atoms with Crippen molar-refractivity contribution in [2.75, 3.05) is 5.33 Å². The summed E-state index contributed by atoms with van der Waals surface area (Å²) in [6, 6.07) is 1.50. The maximum Gasteiger partial charge on any atom is 0.336 e. The van der Waals surface area contributed by atoms with Crippen molar-refractivity contribution < 1.29 is 9.90 Å². The summed E-state index contributed by atoms with van der Waals surface area (Å²) in [4.78, 5) is 14.7. The first-order valence-corrected chi connectivity index (χ1v) is 5.27. The lowest BCUT2D eigenvalue weighted by atomic mass is 10.1. The van der Waals surface area contributed by atoms with Crippen LogP contribution in [-0.2, 0) is 0 Å². The number of allylic oxidation sites excluding steroid dienone is 1. The number of carboxylic acid groups (broad SMARTS) is 1. The molecule has 0 atom stereocenters. The quantitative estimate of drug-likeness (QED) is 0.842. The maximum atomic E-state index is 10.8. The molecule has 1 aromatic heterocycles. The lowest BCUT2D eigenvalue weighted by molar-refractivity contribution is 0.0696. The second kappa shape index (κ2) is 5.54. The molecular formula is C10H10BrNO2. The number of carbonyl (C=O) groups is 1. The van der Waals surface area contributed by atoms with Gasteiger partial charge in [0.2, 0.25) is 0 Å². The van der Waals surface area contributed by atoms with Crippen molar-refractivity contribution in [1.82, 2.24) is 4.98 Å². The number of hydrogen-bond acceptors (Lipinski definition) is 2. The molecule has 0 bridgehead atoms. The zero-order valence-corrected chi connectivity index (χ0v) is 9.07. The van der Waals surface area contributed by atoms with E-state index < -0.39 is 5.97 Å². The Morgan fingerprint density at radius 1 is 1.64 bits per heavy atom. The minimum Gasteiger partial charge on any atom is -0.478 e. The summed E-state index contributed by atoms with van der Waals surface area (Å²) in [5.74, 6) is -0.925. The van der Waals surface area contributed by atoms with Crippen LogP contribution in [-0.4, -0.2) is 21.4 Å². The summed E-state index contributed by atoms with van der Waals surface area (Å²) >= 11 is 3.29. The van der Waals surface area contributed by atoms with Crippen LogP contribution in [0.4, 0.5) is 0 Å². The molecule has 1 rings (SSSR count). The molecule has 1 N–H and O–H groups in total. The minimum absolute atomic E-state index is 0.283. The summed E-state index contributed by atoms with van der Waals surface area (Å²) < 4.78 is 0. The molecule has 1 heterocycles. The van der Waals surface area contributed by atoms with Crippen LogP contribution in [0.2, 0.25) is 0 Å². The number of rotatable bonds is 4. The molecule has 0 aliphatic heterocycles. The van der Waals surface area contributed by atoms with E-state index in [0.717, 1.165) is 11.8 Å². The number of carboxylic acids is 1. The van der Waals surface area contributed by atoms with Crippen molar-refractivity contribution in [2.45, 2.75) is 6.42 Å². The van der Waals surface area contributed by atoms with E-state index in [-0.39, 0.29) is 5.56 Å². The molecule has 1 aromatic rings. The third-order valence-corrected chi connectivity index (χ3v) is 2.11. The third-order valence-electron chi connectivity index (χ3n) is 1.66. The van der Waals surface area contributed by atoms with Crippen molar-refractivity contribution in [3.8, 4) is 0 Å². The third kappa shape index (κ3) is 2.96. The summed E-state index contributed by atoms with van der Waals surface area (Å²) in [5, 5.41) is 9.72. The lowest BCUT2D eigenvalue weighted by Gasteiger charge is -1.98. The Morgan fingerprint density at radius 2 is 2.43 bits per heavy atom. The molecule has 0 saturated heterocycles. The summed E-state index contributed by atoms with van der Waals surface area (Å²) in [7, 11) is 0. The largest absolute Gasteiger partial charge is 0.478 e. The highest BCUT2D eigenvalue weighted by atomic mass is 79.9. The maximum absolute atomic E-state index is 10.8. The molecule has 0 radical (unpaired) electrons. The number of hydrogen-bond donors (Lipinski definition) is 1. The van der Waals surface area contributed by atoms with Gasteiger partial charge in [0, 0.05) is 23.3 Å². The van der Waals surface area contributed by atoms with E-state index in [9.17, 15) is 4.79 Å². The summed E-state index contributed by atoms with van der Waals surface area (Å²) in [6.07, 6.45) is 7.59. The first-order chi connectivity index (χ1) is 6.75. The van der Waals surface area contributed by atoms with Crippen molar-refractivity contribution in [2.24, 2.45) is 0 Å². The van der Waals surface area contributed by atoms with Gasteiger partial charge < -0.3 is 5.11 Å². The van der Waals surface area contributed by atoms with Crippen LogP contribution < -0.4 is 0 Å². The Morgan fingerprint density at radius 3 is 3.07 bits per heavy atom. The second-order valence-corrected chi connectivity index (χ2v) is 3.44. The first kappa shape index (κ1) is 10.9. The Labute approximate surface area is 90.6 Å². The highest BCUT2D eigenvalue weighted by Gasteiger charge is 2.05. The van der Waals surface area contributed by atoms with E-state index in [1.54, 1.807) is 12.3 Å². The molecule has 0 saturated carbocycles. The van der Waals surface area contributed by atoms with Crippen LogP contribution in [0.15, 0.2) is 24.5 Å². The predicted octanol–water partition coefficient (Wildman–Crippen LogP) is 2.58. The summed E-state index contributed by atoms with van der Waals surface area (Å²) in [5.41, 5.74) is 0.923. The fourth-order valence-corrected chi connectivity index (χ4v) is 1.27. The van der Waals surface area contributed by atoms with Crippen LogP contribution >= 0.6 is 15.9 Å². The van der Waals surface area contributed by atoms with Gasteiger partial charge >= 0.3 is 5.97 Å². The highest BCUT2D eigenvalue weighted by Crippen LogP contribution is 2.09. The minimum atomic E-state index is -0.925. The molecule has 0 aromatic carbocycles. The van der Waals surface area contributed by atoms with Crippen LogP contribution in [0, 0.1) is 0 Å². The molecule has 0 spiro atoms. The standard InChI is InChI=1S/C10H10BrNO2/c11-5-2-1-3-8-7-12-6-4-9(8)10(13)14/h1,3-4,6-7H,2,5H2,(H,13,14). The van der Waals surface area contributed by atoms with Gasteiger partial charge in [-0.2, -0.15) is 0 Å². The molecule has 3 nitrogen and oxygen atoms in total. The normalized spacial score (nSPS) is 10.6. The average molecular weight is 256 g/mol. The van der Waals surface area contributed by atoms with E-state index >= 15 is 0 Å². The van der Waals surface area contributed by atoms with Gasteiger partial charge in [-0.05, 0) is 12.5 Å². The highest BCUT2D eigenvalue weighted by molar-refractivity contribution is 9.09. The van der Waals surface area contributed by atoms with Gasteiger partial charge in [0.25, 0.3) is 0 Å². The molecule has 0 unspecified atom stereocenters. The number of pyridine rings is 1. The smallest absolute Gasteiger partial charge is 0.336 e. The molecule has 4 heteroatoms. The van der Waals surface area contributed by atoms with E-state index in [1.165, 1.54) is 12.3 Å². The van der Waals surface area contributed by atoms with Gasteiger partial charge in [-0.3, -0.25) is 4.98 Å². The Kier molecular flexibility index (Phi) is 4.32. The predicted molar refractivity (Wildman–Crippen MR) is 58.6 cm³/mol. The van der Waals surface area contributed by atoms with Crippen LogP contribution in [0.3, 0.4) is 0 Å². The van der Waals surface area contributed by atoms with Crippen molar-refractivity contribution in [3.63, 3.8) is 0 Å². The Balaban J connectivity index is 2.90. The van der Waals surface area contributed by atoms with Crippen LogP contribution in [0.1, 0.15) is 22.3 Å². The molecule has 0 fully saturated rings. The van der Waals surface area contributed by atoms with E-state index in [4.69, 9.17) is 5.11 Å². The second-order valence-electron chi connectivity index (χ2n) is 2.65. The van der Waals surface area contributed by atoms with Crippen molar-refractivity contribution in [1.29, 1.82) is 0 Å². The molecule has 0 aliphatic rings. The van der Waals surface area contributed by atoms with E-state index in [2.05, 4.69) is 20.9 Å². The van der Waals surface area contributed by atoms with Crippen molar-refractivity contribution >= 4 is 28.0 Å². The van der Waals surface area contributed by atoms with E-state index in [1.807, 2.05) is 6.08 Å². The Hall–Kier alpha value is -1.16. The number of aromatic carboxylic acids is 1. The van der Waals surface area contributed by atoms with Gasteiger partial charge in [-0.25, -0.2) is 4.79 Å². The summed E-state index contributed by atoms with van der Waals surface area (Å²) in [6.45, 7) is 0. The molecule has 14 heavy (non-hydrogen) atoms. The number of nitrogens with zero attached hydrogens (tertiary/aromatic N) is 1. The lowest BCUT2D eigenvalue weighted by Crippen LogP contribution is -1.99. The number of aromatic nitrogens is 1. The van der Waals surface area contributed by atoms with Gasteiger partial charge in [-0.1, -0.05) is 28.1 Å². The van der Waals surface area contributed by atoms with Gasteiger partial charge in [0.05, 0.1) is 5.56 Å². The van der Waals surface area contributed by atoms with Gasteiger partial charge in [0.15, 0.2) is 0 Å². The first-order valence-electron chi connectivity index (χ1n) is 4.15. The molecular weight excluding hydrogens is 246 g/mol. The SMILES string of the molecule is O=C(O)c1ccncc1C=CCCBr. The number of halogens is 1. The van der Waals surface area contributed by atoms with Crippen LogP contribution in [0.25, 0.3) is 6.08 Å². The fourth-order valence-electron chi connectivity index (χ4n) is 1.01. The van der Waals surface area contributed by atoms with Crippen molar-refractivity contribution in [3.05, 3.63) is 35.7 Å². The van der Waals surface area contributed by atoms with Crippen LogP contribution in [0.5, 0.6) is 0 Å². The molecule has 0 amide bonds. The topological polar surface area (TPSA) is 50.2 Å². The Bertz CT molecular complexity index is 350. The zero-order chi connectivity index (χ0) is 10.4. The average Bonchev–Trinajstić information content (AvgIpc) is 2.19. The fraction of sp³-hybridized carbons (Fsp3) is 0.200. The molecule has 0 aliphatic carbocycles. The van der Waals surface area contributed by atoms with Gasteiger partial charge in [-0.15, -0.1) is 0 Å². The molecule has 74 valence electrons.